The van der Waals surface area contributed by atoms with Crippen LogP contribution in [0.25, 0.3) is 44.7 Å². The minimum Gasteiger partial charge on any atom is -0.507 e. The second kappa shape index (κ2) is 12.6. The molecule has 250 valence electrons. The zero-order chi connectivity index (χ0) is 35.2. The Morgan fingerprint density at radius 3 is 2.02 bits per heavy atom. The van der Waals surface area contributed by atoms with Gasteiger partial charge >= 0.3 is 0 Å². The molecular weight excluding hydrogens is 613 g/mol. The number of pyridine rings is 1. The van der Waals surface area contributed by atoms with E-state index in [1.165, 1.54) is 5.56 Å². The third kappa shape index (κ3) is 6.05. The first kappa shape index (κ1) is 32.8. The third-order valence-electron chi connectivity index (χ3n) is 9.46. The summed E-state index contributed by atoms with van der Waals surface area (Å²) >= 11 is 0. The minimum absolute atomic E-state index is 0.0999. The predicted molar refractivity (Wildman–Crippen MR) is 209 cm³/mol. The highest BCUT2D eigenvalue weighted by molar-refractivity contribution is 5.96. The summed E-state index contributed by atoms with van der Waals surface area (Å²) in [5.41, 5.74) is 10.7. The summed E-state index contributed by atoms with van der Waals surface area (Å²) in [5.74, 6) is 1.86. The number of imidazole rings is 1. The van der Waals surface area contributed by atoms with Gasteiger partial charge in [-0.15, -0.1) is 0 Å². The van der Waals surface area contributed by atoms with Crippen molar-refractivity contribution in [3.63, 3.8) is 0 Å². The summed E-state index contributed by atoms with van der Waals surface area (Å²) in [7, 11) is 2.04. The van der Waals surface area contributed by atoms with Crippen molar-refractivity contribution in [1.29, 1.82) is 0 Å². The maximum absolute atomic E-state index is 11.8. The van der Waals surface area contributed by atoms with Gasteiger partial charge in [-0.2, -0.15) is 0 Å². The van der Waals surface area contributed by atoms with Crippen LogP contribution < -0.4 is 4.90 Å². The molecule has 1 N–H and O–H groups in total. The molecule has 0 amide bonds. The number of aryl methyl sites for hydroxylation is 1. The molecule has 7 aromatic rings. The number of hydrogen-bond donors (Lipinski definition) is 1. The van der Waals surface area contributed by atoms with Gasteiger partial charge in [0.2, 0.25) is 0 Å². The summed E-state index contributed by atoms with van der Waals surface area (Å²) in [6.45, 7) is 13.1. The topological polar surface area (TPSA) is 54.2 Å². The highest BCUT2D eigenvalue weighted by atomic mass is 16.3. The van der Waals surface area contributed by atoms with Crippen molar-refractivity contribution in [2.75, 3.05) is 4.90 Å². The van der Waals surface area contributed by atoms with Crippen molar-refractivity contribution < 1.29 is 5.11 Å². The van der Waals surface area contributed by atoms with Crippen molar-refractivity contribution in [3.8, 4) is 39.4 Å². The molecule has 0 aliphatic carbocycles. The maximum Gasteiger partial charge on any atom is 0.144 e. The fraction of sp³-hybridized carbons (Fsp3) is 0.200. The zero-order valence-electron chi connectivity index (χ0n) is 29.9. The van der Waals surface area contributed by atoms with Crippen LogP contribution in [-0.4, -0.2) is 19.6 Å². The molecule has 0 spiro atoms. The van der Waals surface area contributed by atoms with Gasteiger partial charge in [-0.05, 0) is 70.0 Å². The molecule has 0 aliphatic rings. The first-order valence-corrected chi connectivity index (χ1v) is 17.2. The lowest BCUT2D eigenvalue weighted by Gasteiger charge is -2.27. The van der Waals surface area contributed by atoms with Crippen LogP contribution in [0.3, 0.4) is 0 Å². The molecule has 0 fully saturated rings. The van der Waals surface area contributed by atoms with Crippen LogP contribution in [0.1, 0.15) is 52.7 Å². The van der Waals surface area contributed by atoms with Gasteiger partial charge in [0, 0.05) is 35.6 Å². The molecule has 50 heavy (non-hydrogen) atoms. The van der Waals surface area contributed by atoms with Crippen LogP contribution in [0.2, 0.25) is 0 Å². The Morgan fingerprint density at radius 1 is 0.620 bits per heavy atom. The standard InChI is InChI=1S/C45H44N4O/c1-44(2,3)32-28-36(42(50)37(29-32)45(4,5)6)43-47-41-35(22-16-24-39(41)48(43)7)31-19-15-20-33(27-31)49(40-25-13-14-26-46-40)38-23-12-11-21-34(38)30-17-9-8-10-18-30/h8-29,50H,1-7H3. The first-order chi connectivity index (χ1) is 23.9. The van der Waals surface area contributed by atoms with Crippen LogP contribution >= 0.6 is 0 Å². The molecule has 5 aromatic carbocycles. The van der Waals surface area contributed by atoms with Crippen LogP contribution in [0.4, 0.5) is 17.2 Å². The molecule has 0 bridgehead atoms. The summed E-state index contributed by atoms with van der Waals surface area (Å²) in [5, 5.41) is 11.8. The zero-order valence-corrected chi connectivity index (χ0v) is 29.9. The normalized spacial score (nSPS) is 12.0. The Bertz CT molecular complexity index is 2310. The summed E-state index contributed by atoms with van der Waals surface area (Å²) in [4.78, 5) is 12.3. The van der Waals surface area contributed by atoms with E-state index in [2.05, 4.69) is 154 Å². The average molecular weight is 657 g/mol. The van der Waals surface area contributed by atoms with Gasteiger partial charge in [-0.1, -0.05) is 126 Å². The summed E-state index contributed by atoms with van der Waals surface area (Å²) in [6.07, 6.45) is 1.84. The van der Waals surface area contributed by atoms with Gasteiger partial charge in [0.1, 0.15) is 17.4 Å². The number of phenolic OH excluding ortho intramolecular Hbond substituents is 1. The van der Waals surface area contributed by atoms with Crippen molar-refractivity contribution in [2.24, 2.45) is 7.05 Å². The maximum atomic E-state index is 11.8. The molecule has 0 radical (unpaired) electrons. The van der Waals surface area contributed by atoms with Gasteiger partial charge in [-0.25, -0.2) is 9.97 Å². The Hall–Kier alpha value is -5.68. The molecule has 5 nitrogen and oxygen atoms in total. The first-order valence-electron chi connectivity index (χ1n) is 17.2. The minimum atomic E-state index is -0.241. The van der Waals surface area contributed by atoms with E-state index in [9.17, 15) is 5.11 Å². The molecule has 2 aromatic heterocycles. The number of phenols is 1. The Kier molecular flexibility index (Phi) is 8.31. The van der Waals surface area contributed by atoms with Gasteiger partial charge in [-0.3, -0.25) is 4.90 Å². The molecule has 0 aliphatic heterocycles. The number of aromatic hydroxyl groups is 1. The number of hydrogen-bond acceptors (Lipinski definition) is 4. The SMILES string of the molecule is Cn1c(-c2cc(C(C)(C)C)cc(C(C)(C)C)c2O)nc2c(-c3cccc(N(c4ccccn4)c4ccccc4-c4ccccc4)c3)cccc21. The van der Waals surface area contributed by atoms with Crippen LogP contribution in [0.15, 0.2) is 134 Å². The second-order valence-corrected chi connectivity index (χ2v) is 15.0. The van der Waals surface area contributed by atoms with Crippen molar-refractivity contribution in [2.45, 2.75) is 52.4 Å². The number of benzene rings is 5. The van der Waals surface area contributed by atoms with Gasteiger partial charge in [0.25, 0.3) is 0 Å². The molecule has 0 atom stereocenters. The van der Waals surface area contributed by atoms with Crippen LogP contribution in [0, 0.1) is 0 Å². The summed E-state index contributed by atoms with van der Waals surface area (Å²) in [6, 6.07) is 44.1. The van der Waals surface area contributed by atoms with E-state index in [1.807, 2.05) is 37.5 Å². The number of anilines is 3. The monoisotopic (exact) mass is 656 g/mol. The Morgan fingerprint density at radius 2 is 1.30 bits per heavy atom. The molecule has 0 saturated heterocycles. The number of nitrogens with zero attached hydrogens (tertiary/aromatic N) is 4. The van der Waals surface area contributed by atoms with Gasteiger partial charge in [0.05, 0.1) is 22.3 Å². The fourth-order valence-corrected chi connectivity index (χ4v) is 6.72. The highest BCUT2D eigenvalue weighted by Crippen LogP contribution is 2.44. The molecule has 2 heterocycles. The second-order valence-electron chi connectivity index (χ2n) is 15.0. The van der Waals surface area contributed by atoms with E-state index in [4.69, 9.17) is 9.97 Å². The lowest BCUT2D eigenvalue weighted by molar-refractivity contribution is 0.446. The van der Waals surface area contributed by atoms with E-state index in [0.717, 1.165) is 67.4 Å². The highest BCUT2D eigenvalue weighted by Gasteiger charge is 2.28. The smallest absolute Gasteiger partial charge is 0.144 e. The number of para-hydroxylation sites is 2. The number of fused-ring (bicyclic) bond motifs is 1. The van der Waals surface area contributed by atoms with Crippen molar-refractivity contribution in [1.82, 2.24) is 14.5 Å². The van der Waals surface area contributed by atoms with Gasteiger partial charge in [0.15, 0.2) is 0 Å². The van der Waals surface area contributed by atoms with Crippen molar-refractivity contribution in [3.05, 3.63) is 145 Å². The molecule has 5 heteroatoms. The van der Waals surface area contributed by atoms with E-state index < -0.39 is 0 Å². The fourth-order valence-electron chi connectivity index (χ4n) is 6.72. The Balaban J connectivity index is 1.40. The quantitative estimate of drug-likeness (QED) is 0.194. The van der Waals surface area contributed by atoms with E-state index in [-0.39, 0.29) is 16.6 Å². The number of aromatic nitrogens is 3. The molecular formula is C45H44N4O. The third-order valence-corrected chi connectivity index (χ3v) is 9.46. The largest absolute Gasteiger partial charge is 0.507 e. The molecule has 0 unspecified atom stereocenters. The van der Waals surface area contributed by atoms with Crippen LogP contribution in [0.5, 0.6) is 5.75 Å². The average Bonchev–Trinajstić information content (AvgIpc) is 3.44. The van der Waals surface area contributed by atoms with Gasteiger partial charge < -0.3 is 9.67 Å². The lowest BCUT2D eigenvalue weighted by atomic mass is 9.79. The van der Waals surface area contributed by atoms with E-state index in [0.29, 0.717) is 0 Å². The predicted octanol–water partition coefficient (Wildman–Crippen LogP) is 11.7. The van der Waals surface area contributed by atoms with Crippen molar-refractivity contribution >= 4 is 28.2 Å². The van der Waals surface area contributed by atoms with Crippen LogP contribution in [-0.2, 0) is 17.9 Å². The van der Waals surface area contributed by atoms with E-state index >= 15 is 0 Å². The lowest BCUT2D eigenvalue weighted by Crippen LogP contribution is -2.17. The number of rotatable bonds is 6. The molecule has 0 saturated carbocycles. The summed E-state index contributed by atoms with van der Waals surface area (Å²) < 4.78 is 2.10. The Labute approximate surface area is 295 Å². The molecule has 7 rings (SSSR count). The van der Waals surface area contributed by atoms with E-state index in [1.54, 1.807) is 0 Å².